The molecule has 2 aromatic carbocycles. The van der Waals surface area contributed by atoms with Gasteiger partial charge in [-0.1, -0.05) is 6.07 Å². The molecule has 0 spiro atoms. The molecule has 10 heteroatoms. The van der Waals surface area contributed by atoms with E-state index in [4.69, 9.17) is 18.9 Å². The number of allylic oxidation sites excluding steroid dienone is 2. The fourth-order valence-electron chi connectivity index (χ4n) is 5.78. The average molecular weight is 580 g/mol. The highest BCUT2D eigenvalue weighted by atomic mass is 32.1. The molecule has 1 aliphatic carbocycles. The number of hydrogen-bond donors (Lipinski definition) is 0. The fourth-order valence-corrected chi connectivity index (χ4v) is 6.64. The van der Waals surface area contributed by atoms with E-state index < -0.39 is 35.3 Å². The molecule has 0 saturated carbocycles. The van der Waals surface area contributed by atoms with E-state index in [0.29, 0.717) is 39.8 Å². The second kappa shape index (κ2) is 11.7. The summed E-state index contributed by atoms with van der Waals surface area (Å²) in [5.74, 6) is -2.90. The van der Waals surface area contributed by atoms with Gasteiger partial charge in [0.05, 0.1) is 27.9 Å². The van der Waals surface area contributed by atoms with Gasteiger partial charge in [0.1, 0.15) is 11.7 Å². The van der Waals surface area contributed by atoms with Gasteiger partial charge in [0.2, 0.25) is 11.7 Å². The maximum atomic E-state index is 14.5. The normalized spacial score (nSPS) is 20.5. The van der Waals surface area contributed by atoms with Crippen LogP contribution in [0.25, 0.3) is 0 Å². The van der Waals surface area contributed by atoms with E-state index in [1.165, 1.54) is 61.8 Å². The third-order valence-corrected chi connectivity index (χ3v) is 8.55. The lowest BCUT2D eigenvalue weighted by Crippen LogP contribution is -2.46. The summed E-state index contributed by atoms with van der Waals surface area (Å²) >= 11 is 1.44. The summed E-state index contributed by atoms with van der Waals surface area (Å²) in [4.78, 5) is 44.0. The van der Waals surface area contributed by atoms with E-state index in [1.54, 1.807) is 19.1 Å². The van der Waals surface area contributed by atoms with Crippen molar-refractivity contribution in [2.45, 2.75) is 31.6 Å². The first-order chi connectivity index (χ1) is 19.8. The molecule has 0 fully saturated rings. The minimum Gasteiger partial charge on any atom is -0.493 e. The van der Waals surface area contributed by atoms with Crippen LogP contribution in [0.1, 0.15) is 42.0 Å². The molecule has 1 aliphatic heterocycles. The van der Waals surface area contributed by atoms with Crippen molar-refractivity contribution in [2.24, 2.45) is 5.92 Å². The van der Waals surface area contributed by atoms with Crippen LogP contribution in [0.2, 0.25) is 0 Å². The van der Waals surface area contributed by atoms with Crippen LogP contribution in [-0.2, 0) is 19.1 Å². The summed E-state index contributed by atoms with van der Waals surface area (Å²) in [6.07, 6.45) is 0.162. The summed E-state index contributed by atoms with van der Waals surface area (Å²) in [5, 5.41) is 1.88. The standard InChI is InChI=1S/C31H30FNO7S/c1-5-40-31(36)28-21(25-7-6-12-41-25)15-22-27(29(28)35)20(16-26(34)33(22)19-10-8-18(32)9-11-19)17-13-23(37-2)30(39-4)24(14-17)38-3/h6-14,20-21,28H,5,15-16H2,1-4H3/t20-,21+,28-/m0/s1. The molecule has 41 heavy (non-hydrogen) atoms. The van der Waals surface area contributed by atoms with Crippen molar-refractivity contribution in [2.75, 3.05) is 32.8 Å². The number of rotatable bonds is 8. The third-order valence-electron chi connectivity index (χ3n) is 7.54. The molecule has 214 valence electrons. The molecule has 2 aliphatic rings. The minimum atomic E-state index is -1.08. The molecule has 0 bridgehead atoms. The number of ketones is 1. The number of hydrogen-bond acceptors (Lipinski definition) is 8. The Hall–Kier alpha value is -4.18. The van der Waals surface area contributed by atoms with Gasteiger partial charge >= 0.3 is 5.97 Å². The zero-order valence-electron chi connectivity index (χ0n) is 23.1. The minimum absolute atomic E-state index is 0.0696. The van der Waals surface area contributed by atoms with Gasteiger partial charge < -0.3 is 18.9 Å². The number of anilines is 1. The van der Waals surface area contributed by atoms with Gasteiger partial charge in [-0.3, -0.25) is 19.3 Å². The van der Waals surface area contributed by atoms with Crippen LogP contribution < -0.4 is 19.1 Å². The van der Waals surface area contributed by atoms with E-state index in [1.807, 2.05) is 17.5 Å². The largest absolute Gasteiger partial charge is 0.493 e. The van der Waals surface area contributed by atoms with Crippen LogP contribution in [0.15, 0.2) is 65.2 Å². The Kier molecular flexibility index (Phi) is 8.12. The van der Waals surface area contributed by atoms with E-state index in [9.17, 15) is 18.8 Å². The number of thiophene rings is 1. The van der Waals surface area contributed by atoms with Crippen LogP contribution in [0.5, 0.6) is 17.2 Å². The lowest BCUT2D eigenvalue weighted by atomic mass is 9.69. The predicted octanol–water partition coefficient (Wildman–Crippen LogP) is 5.62. The number of halogens is 1. The molecule has 5 rings (SSSR count). The highest BCUT2D eigenvalue weighted by Gasteiger charge is 2.50. The van der Waals surface area contributed by atoms with Crippen molar-refractivity contribution in [1.29, 1.82) is 0 Å². The SMILES string of the molecule is CCOC(=O)[C@@H]1C(=O)C2=C(C[C@@H]1c1cccs1)N(c1ccc(F)cc1)C(=O)C[C@H]2c1cc(OC)c(OC)c(OC)c1. The zero-order chi connectivity index (χ0) is 29.3. The Labute approximate surface area is 241 Å². The highest BCUT2D eigenvalue weighted by Crippen LogP contribution is 2.51. The Morgan fingerprint density at radius 1 is 1.00 bits per heavy atom. The lowest BCUT2D eigenvalue weighted by molar-refractivity contribution is -0.152. The molecule has 3 aromatic rings. The molecule has 0 saturated heterocycles. The highest BCUT2D eigenvalue weighted by molar-refractivity contribution is 7.10. The van der Waals surface area contributed by atoms with Crippen LogP contribution in [0, 0.1) is 11.7 Å². The Morgan fingerprint density at radius 2 is 1.68 bits per heavy atom. The first-order valence-electron chi connectivity index (χ1n) is 13.2. The maximum Gasteiger partial charge on any atom is 0.317 e. The zero-order valence-corrected chi connectivity index (χ0v) is 24.0. The number of methoxy groups -OCH3 is 3. The Balaban J connectivity index is 1.75. The number of ether oxygens (including phenoxy) is 4. The summed E-state index contributed by atoms with van der Waals surface area (Å²) in [5.41, 5.74) is 1.87. The molecule has 1 amide bonds. The van der Waals surface area contributed by atoms with Gasteiger partial charge in [0.15, 0.2) is 17.3 Å². The van der Waals surface area contributed by atoms with Crippen molar-refractivity contribution < 1.29 is 37.7 Å². The molecule has 0 radical (unpaired) electrons. The number of esters is 1. The summed E-state index contributed by atoms with van der Waals surface area (Å²) in [7, 11) is 4.47. The van der Waals surface area contributed by atoms with Gasteiger partial charge in [-0.15, -0.1) is 11.3 Å². The molecule has 3 atom stereocenters. The average Bonchev–Trinajstić information content (AvgIpc) is 3.51. The number of benzene rings is 2. The Bertz CT molecular complexity index is 1470. The molecule has 1 aromatic heterocycles. The van der Waals surface area contributed by atoms with E-state index >= 15 is 0 Å². The van der Waals surface area contributed by atoms with Crippen LogP contribution in [-0.4, -0.2) is 45.6 Å². The summed E-state index contributed by atoms with van der Waals surface area (Å²) in [6, 6.07) is 12.8. The van der Waals surface area contributed by atoms with Crippen molar-refractivity contribution in [3.8, 4) is 17.2 Å². The van der Waals surface area contributed by atoms with Crippen molar-refractivity contribution in [3.05, 3.63) is 81.4 Å². The first-order valence-corrected chi connectivity index (χ1v) is 14.1. The van der Waals surface area contributed by atoms with Gasteiger partial charge in [-0.2, -0.15) is 0 Å². The number of Topliss-reactive ketones (excluding diaryl/α,β-unsaturated/α-hetero) is 1. The van der Waals surface area contributed by atoms with Crippen LogP contribution in [0.3, 0.4) is 0 Å². The van der Waals surface area contributed by atoms with Crippen LogP contribution in [0.4, 0.5) is 10.1 Å². The number of carbonyl (C=O) groups is 3. The second-order valence-corrected chi connectivity index (χ2v) is 10.7. The van der Waals surface area contributed by atoms with E-state index in [-0.39, 0.29) is 25.4 Å². The predicted molar refractivity (Wildman–Crippen MR) is 151 cm³/mol. The molecular formula is C31H30FNO7S. The van der Waals surface area contributed by atoms with Gasteiger partial charge in [0.25, 0.3) is 0 Å². The van der Waals surface area contributed by atoms with Gasteiger partial charge in [-0.05, 0) is 66.8 Å². The van der Waals surface area contributed by atoms with Crippen LogP contribution >= 0.6 is 11.3 Å². The molecule has 2 heterocycles. The maximum absolute atomic E-state index is 14.5. The number of nitrogens with zero attached hydrogens (tertiary/aromatic N) is 1. The summed E-state index contributed by atoms with van der Waals surface area (Å²) < 4.78 is 35.8. The molecule has 0 unspecified atom stereocenters. The van der Waals surface area contributed by atoms with Crippen molar-refractivity contribution in [1.82, 2.24) is 0 Å². The molecule has 8 nitrogen and oxygen atoms in total. The topological polar surface area (TPSA) is 91.4 Å². The third kappa shape index (κ3) is 5.08. The molecule has 0 N–H and O–H groups in total. The smallest absolute Gasteiger partial charge is 0.317 e. The van der Waals surface area contributed by atoms with Crippen molar-refractivity contribution in [3.63, 3.8) is 0 Å². The van der Waals surface area contributed by atoms with Gasteiger partial charge in [0, 0.05) is 40.1 Å². The van der Waals surface area contributed by atoms with Gasteiger partial charge in [-0.25, -0.2) is 4.39 Å². The monoisotopic (exact) mass is 579 g/mol. The van der Waals surface area contributed by atoms with E-state index in [2.05, 4.69) is 0 Å². The summed E-state index contributed by atoms with van der Waals surface area (Å²) in [6.45, 7) is 1.83. The molecular weight excluding hydrogens is 549 g/mol. The lowest BCUT2D eigenvalue weighted by Gasteiger charge is -2.42. The number of amides is 1. The van der Waals surface area contributed by atoms with Crippen molar-refractivity contribution >= 4 is 34.7 Å². The van der Waals surface area contributed by atoms with E-state index in [0.717, 1.165) is 4.88 Å². The first kappa shape index (κ1) is 28.4. The number of carbonyl (C=O) groups excluding carboxylic acids is 3. The second-order valence-electron chi connectivity index (χ2n) is 9.70. The quantitative estimate of drug-likeness (QED) is 0.253. The fraction of sp³-hybridized carbons (Fsp3) is 0.323. The Morgan fingerprint density at radius 3 is 2.24 bits per heavy atom.